The molecule has 6 nitrogen and oxygen atoms in total. The van der Waals surface area contributed by atoms with E-state index >= 15 is 0 Å². The maximum atomic E-state index is 12.3. The summed E-state index contributed by atoms with van der Waals surface area (Å²) < 4.78 is 5.75. The highest BCUT2D eigenvalue weighted by Crippen LogP contribution is 2.17. The number of nitrogens with one attached hydrogen (secondary N) is 2. The molecule has 0 spiro atoms. The molecule has 1 atom stereocenters. The van der Waals surface area contributed by atoms with Gasteiger partial charge in [0.1, 0.15) is 17.4 Å². The van der Waals surface area contributed by atoms with Crippen molar-refractivity contribution in [3.05, 3.63) is 75.7 Å². The summed E-state index contributed by atoms with van der Waals surface area (Å²) in [6, 6.07) is 15.4. The molecule has 3 rings (SSSR count). The monoisotopic (exact) mass is 451 g/mol. The summed E-state index contributed by atoms with van der Waals surface area (Å²) in [6.07, 6.45) is 1.00. The third kappa shape index (κ3) is 7.20. The number of hydrogen-bond donors (Lipinski definition) is 2. The van der Waals surface area contributed by atoms with E-state index < -0.39 is 0 Å². The molecule has 3 aromatic rings. The zero-order valence-corrected chi connectivity index (χ0v) is 19.5. The molecule has 0 aliphatic carbocycles. The van der Waals surface area contributed by atoms with Crippen LogP contribution in [-0.4, -0.2) is 16.8 Å². The van der Waals surface area contributed by atoms with Crippen LogP contribution in [0.4, 0.5) is 5.69 Å². The molecule has 1 aromatic heterocycles. The van der Waals surface area contributed by atoms with Crippen molar-refractivity contribution in [3.8, 4) is 5.75 Å². The zero-order chi connectivity index (χ0) is 22.9. The highest BCUT2D eigenvalue weighted by Gasteiger charge is 2.11. The van der Waals surface area contributed by atoms with E-state index in [1.807, 2.05) is 74.7 Å². The van der Waals surface area contributed by atoms with Crippen LogP contribution >= 0.6 is 11.3 Å². The lowest BCUT2D eigenvalue weighted by molar-refractivity contribution is -0.121. The number of anilines is 1. The molecule has 2 N–H and O–H groups in total. The van der Waals surface area contributed by atoms with Crippen LogP contribution in [-0.2, 0) is 29.2 Å². The first-order valence-corrected chi connectivity index (χ1v) is 11.6. The lowest BCUT2D eigenvalue weighted by atomic mass is 10.1. The molecule has 1 unspecified atom stereocenters. The van der Waals surface area contributed by atoms with Crippen LogP contribution in [0.15, 0.2) is 53.9 Å². The van der Waals surface area contributed by atoms with Gasteiger partial charge in [-0.3, -0.25) is 9.59 Å². The van der Waals surface area contributed by atoms with E-state index in [-0.39, 0.29) is 24.2 Å². The molecule has 7 heteroatoms. The van der Waals surface area contributed by atoms with Crippen molar-refractivity contribution in [2.75, 3.05) is 5.32 Å². The van der Waals surface area contributed by atoms with Crippen LogP contribution in [0.1, 0.15) is 42.1 Å². The third-order valence-electron chi connectivity index (χ3n) is 5.07. The first kappa shape index (κ1) is 23.5. The van der Waals surface area contributed by atoms with Crippen LogP contribution in [0.3, 0.4) is 0 Å². The summed E-state index contributed by atoms with van der Waals surface area (Å²) >= 11 is 1.48. The van der Waals surface area contributed by atoms with Crippen molar-refractivity contribution >= 4 is 28.8 Å². The second kappa shape index (κ2) is 11.4. The van der Waals surface area contributed by atoms with Crippen LogP contribution in [0, 0.1) is 12.8 Å². The molecule has 0 aliphatic rings. The fraction of sp³-hybridized carbons (Fsp3) is 0.320. The van der Waals surface area contributed by atoms with Crippen molar-refractivity contribution in [1.29, 1.82) is 0 Å². The minimum absolute atomic E-state index is 0.000574. The Morgan fingerprint density at radius 2 is 1.94 bits per heavy atom. The first-order chi connectivity index (χ1) is 15.4. The zero-order valence-electron chi connectivity index (χ0n) is 18.7. The fourth-order valence-electron chi connectivity index (χ4n) is 2.91. The molecular formula is C25H29N3O3S. The predicted octanol–water partition coefficient (Wildman–Crippen LogP) is 4.87. The van der Waals surface area contributed by atoms with Gasteiger partial charge in [0.25, 0.3) is 0 Å². The Balaban J connectivity index is 1.45. The maximum absolute atomic E-state index is 12.3. The van der Waals surface area contributed by atoms with Crippen LogP contribution in [0.25, 0.3) is 0 Å². The minimum Gasteiger partial charge on any atom is -0.486 e. The van der Waals surface area contributed by atoms with Crippen molar-refractivity contribution in [3.63, 3.8) is 0 Å². The van der Waals surface area contributed by atoms with E-state index in [0.29, 0.717) is 13.2 Å². The molecular weight excluding hydrogens is 422 g/mol. The molecule has 0 saturated carbocycles. The molecule has 0 fully saturated rings. The number of carbonyl (C=O) groups is 2. The number of thiazole rings is 1. The SMILES string of the molecule is CCC(C)C(=O)Nc1cccc(CNC(=O)Cc2csc(COc3ccc(C)cc3)n2)c1. The molecule has 32 heavy (non-hydrogen) atoms. The highest BCUT2D eigenvalue weighted by atomic mass is 32.1. The Morgan fingerprint density at radius 3 is 2.69 bits per heavy atom. The number of aromatic nitrogens is 1. The number of amides is 2. The van der Waals surface area contributed by atoms with Gasteiger partial charge in [-0.05, 0) is 43.2 Å². The number of benzene rings is 2. The lowest BCUT2D eigenvalue weighted by Gasteiger charge is -2.11. The van der Waals surface area contributed by atoms with Gasteiger partial charge in [0.15, 0.2) is 0 Å². The number of nitrogens with zero attached hydrogens (tertiary/aromatic N) is 1. The third-order valence-corrected chi connectivity index (χ3v) is 5.94. The summed E-state index contributed by atoms with van der Waals surface area (Å²) in [5.41, 5.74) is 3.57. The van der Waals surface area contributed by atoms with Gasteiger partial charge in [-0.25, -0.2) is 4.98 Å². The first-order valence-electron chi connectivity index (χ1n) is 10.7. The van der Waals surface area contributed by atoms with Gasteiger partial charge >= 0.3 is 0 Å². The van der Waals surface area contributed by atoms with E-state index in [4.69, 9.17) is 4.74 Å². The van der Waals surface area contributed by atoms with Crippen LogP contribution < -0.4 is 15.4 Å². The largest absolute Gasteiger partial charge is 0.486 e. The summed E-state index contributed by atoms with van der Waals surface area (Å²) in [4.78, 5) is 28.9. The molecule has 2 amide bonds. The second-order valence-corrected chi connectivity index (χ2v) is 8.73. The van der Waals surface area contributed by atoms with E-state index in [9.17, 15) is 9.59 Å². The summed E-state index contributed by atoms with van der Waals surface area (Å²) in [5.74, 6) is 0.658. The van der Waals surface area contributed by atoms with E-state index in [1.54, 1.807) is 0 Å². The predicted molar refractivity (Wildman–Crippen MR) is 128 cm³/mol. The standard InChI is InChI=1S/C25H29N3O3S/c1-4-18(3)25(30)28-20-7-5-6-19(12-20)14-26-23(29)13-21-16-32-24(27-21)15-31-22-10-8-17(2)9-11-22/h5-12,16,18H,4,13-15H2,1-3H3,(H,26,29)(H,28,30). The Hall–Kier alpha value is -3.19. The summed E-state index contributed by atoms with van der Waals surface area (Å²) in [7, 11) is 0. The number of carbonyl (C=O) groups excluding carboxylic acids is 2. The van der Waals surface area contributed by atoms with Gasteiger partial charge in [0.05, 0.1) is 12.1 Å². The number of aryl methyl sites for hydroxylation is 1. The average Bonchev–Trinajstić information content (AvgIpc) is 3.24. The Kier molecular flexibility index (Phi) is 8.39. The molecule has 168 valence electrons. The van der Waals surface area contributed by atoms with Crippen LogP contribution in [0.2, 0.25) is 0 Å². The summed E-state index contributed by atoms with van der Waals surface area (Å²) in [6.45, 7) is 6.69. The van der Waals surface area contributed by atoms with Gasteiger partial charge in [-0.1, -0.05) is 43.7 Å². The normalized spacial score (nSPS) is 11.6. The maximum Gasteiger partial charge on any atom is 0.227 e. The molecule has 0 radical (unpaired) electrons. The van der Waals surface area contributed by atoms with Crippen molar-refractivity contribution in [2.45, 2.75) is 46.8 Å². The quantitative estimate of drug-likeness (QED) is 0.461. The molecule has 0 bridgehead atoms. The molecule has 2 aromatic carbocycles. The van der Waals surface area contributed by atoms with Gasteiger partial charge in [-0.2, -0.15) is 0 Å². The number of hydrogen-bond acceptors (Lipinski definition) is 5. The number of rotatable bonds is 10. The van der Waals surface area contributed by atoms with E-state index in [1.165, 1.54) is 16.9 Å². The van der Waals surface area contributed by atoms with Crippen molar-refractivity contribution in [2.24, 2.45) is 5.92 Å². The smallest absolute Gasteiger partial charge is 0.227 e. The average molecular weight is 452 g/mol. The van der Waals surface area contributed by atoms with Crippen molar-refractivity contribution < 1.29 is 14.3 Å². The fourth-order valence-corrected chi connectivity index (χ4v) is 3.62. The van der Waals surface area contributed by atoms with Gasteiger partial charge in [0, 0.05) is 23.5 Å². The highest BCUT2D eigenvalue weighted by molar-refractivity contribution is 7.09. The van der Waals surface area contributed by atoms with Crippen LogP contribution in [0.5, 0.6) is 5.75 Å². The lowest BCUT2D eigenvalue weighted by Crippen LogP contribution is -2.25. The molecule has 0 saturated heterocycles. The minimum atomic E-state index is -0.102. The number of ether oxygens (including phenoxy) is 1. The van der Waals surface area contributed by atoms with Crippen molar-refractivity contribution in [1.82, 2.24) is 10.3 Å². The second-order valence-electron chi connectivity index (χ2n) is 7.79. The van der Waals surface area contributed by atoms with Gasteiger partial charge in [0.2, 0.25) is 11.8 Å². The Bertz CT molecular complexity index is 1050. The molecule has 0 aliphatic heterocycles. The molecule has 1 heterocycles. The Morgan fingerprint density at radius 1 is 1.16 bits per heavy atom. The van der Waals surface area contributed by atoms with E-state index in [0.717, 1.165) is 34.1 Å². The van der Waals surface area contributed by atoms with Gasteiger partial charge < -0.3 is 15.4 Å². The summed E-state index contributed by atoms with van der Waals surface area (Å²) in [5, 5.41) is 8.55. The van der Waals surface area contributed by atoms with Gasteiger partial charge in [-0.15, -0.1) is 11.3 Å². The van der Waals surface area contributed by atoms with E-state index in [2.05, 4.69) is 15.6 Å². The topological polar surface area (TPSA) is 80.3 Å². The Labute approximate surface area is 193 Å².